The second kappa shape index (κ2) is 12.9. The summed E-state index contributed by atoms with van der Waals surface area (Å²) < 4.78 is 66.9. The zero-order valence-corrected chi connectivity index (χ0v) is 28.3. The van der Waals surface area contributed by atoms with Gasteiger partial charge in [0.05, 0.1) is 38.1 Å². The molecule has 268 valence electrons. The zero-order chi connectivity index (χ0) is 36.3. The van der Waals surface area contributed by atoms with Crippen LogP contribution in [0.25, 0.3) is 22.1 Å². The van der Waals surface area contributed by atoms with Crippen LogP contribution in [-0.4, -0.2) is 92.9 Å². The van der Waals surface area contributed by atoms with Crippen molar-refractivity contribution in [3.8, 4) is 17.7 Å². The summed E-state index contributed by atoms with van der Waals surface area (Å²) in [6, 6.07) is 6.61. The average Bonchev–Trinajstić information content (AvgIpc) is 3.71. The normalized spacial score (nSPS) is 21.1. The molecule has 1 spiro atoms. The van der Waals surface area contributed by atoms with Crippen molar-refractivity contribution in [2.24, 2.45) is 0 Å². The maximum atomic E-state index is 14.5. The number of ether oxygens (including phenoxy) is 3. The summed E-state index contributed by atoms with van der Waals surface area (Å²) in [7, 11) is 0. The van der Waals surface area contributed by atoms with Gasteiger partial charge in [-0.2, -0.15) is 0 Å². The van der Waals surface area contributed by atoms with Crippen LogP contribution in [0.1, 0.15) is 48.1 Å². The molecule has 1 aromatic carbocycles. The highest BCUT2D eigenvalue weighted by Crippen LogP contribution is 2.41. The molecule has 52 heavy (non-hydrogen) atoms. The molecule has 3 aliphatic rings. The summed E-state index contributed by atoms with van der Waals surface area (Å²) in [6.45, 7) is 7.05. The van der Waals surface area contributed by atoms with Gasteiger partial charge in [0.15, 0.2) is 17.2 Å². The molecule has 0 bridgehead atoms. The first kappa shape index (κ1) is 33.6. The van der Waals surface area contributed by atoms with Crippen molar-refractivity contribution >= 4 is 39.5 Å². The number of alkyl halides is 2. The molecular weight excluding hydrogens is 683 g/mol. The van der Waals surface area contributed by atoms with E-state index in [0.29, 0.717) is 43.1 Å². The number of fused-ring (bicyclic) bond motifs is 3. The molecule has 3 saturated heterocycles. The van der Waals surface area contributed by atoms with E-state index < -0.39 is 41.8 Å². The minimum absolute atomic E-state index is 0.0217. The van der Waals surface area contributed by atoms with Crippen LogP contribution in [-0.2, 0) is 14.3 Å². The Balaban J connectivity index is 1.17. The minimum atomic E-state index is -3.08. The number of morpholine rings is 1. The van der Waals surface area contributed by atoms with E-state index in [4.69, 9.17) is 18.6 Å². The fourth-order valence-corrected chi connectivity index (χ4v) is 6.99. The van der Waals surface area contributed by atoms with Gasteiger partial charge in [0.25, 0.3) is 12.3 Å². The fraction of sp³-hybridized carbons (Fsp3) is 0.389. The van der Waals surface area contributed by atoms with Crippen molar-refractivity contribution in [3.63, 3.8) is 0 Å². The molecule has 13 nitrogen and oxygen atoms in total. The number of carboxylic acids is 1. The van der Waals surface area contributed by atoms with E-state index >= 15 is 0 Å². The van der Waals surface area contributed by atoms with Crippen molar-refractivity contribution in [2.75, 3.05) is 42.7 Å². The second-order valence-electron chi connectivity index (χ2n) is 13.1. The zero-order valence-electron chi connectivity index (χ0n) is 28.3. The highest BCUT2D eigenvalue weighted by atomic mass is 19.3. The number of aromatic nitrogens is 5. The van der Waals surface area contributed by atoms with Gasteiger partial charge in [0, 0.05) is 41.7 Å². The molecule has 16 heteroatoms. The van der Waals surface area contributed by atoms with E-state index in [1.807, 2.05) is 19.9 Å². The van der Waals surface area contributed by atoms with Crippen molar-refractivity contribution in [1.29, 1.82) is 0 Å². The van der Waals surface area contributed by atoms with Gasteiger partial charge in [-0.05, 0) is 51.0 Å². The predicted molar refractivity (Wildman–Crippen MR) is 180 cm³/mol. The molecular formula is C36H32F3N7O6. The van der Waals surface area contributed by atoms with Crippen LogP contribution in [0.2, 0.25) is 0 Å². The molecule has 4 aromatic heterocycles. The quantitative estimate of drug-likeness (QED) is 0.241. The Hall–Kier alpha value is -5.53. The average molecular weight is 716 g/mol. The van der Waals surface area contributed by atoms with Gasteiger partial charge in [-0.3, -0.25) is 4.98 Å². The standard InChI is InChI=1S/C36H32F3N7O6/c1-18-25(37)9-8-24-28-30(52-29(18)24)33(42-32(41-28)31(38)39)46-15-23(14-27(46)35(47)48)51-34-26(45-11-12-50-36(20(45)3)16-49-17-36)13-22(43-44-34)7-6-21-5-4-10-40-19(21)2/h4-5,8-10,13,20,23,27,31H,11-12,14-17H2,1-3H3,(H,47,48)/t20-,23-,27-/m0/s1. The first-order valence-electron chi connectivity index (χ1n) is 16.7. The van der Waals surface area contributed by atoms with Crippen molar-refractivity contribution < 1.29 is 41.7 Å². The Morgan fingerprint density at radius 2 is 1.94 bits per heavy atom. The molecule has 7 heterocycles. The lowest BCUT2D eigenvalue weighted by atomic mass is 9.90. The Kier molecular flexibility index (Phi) is 8.34. The van der Waals surface area contributed by atoms with Crippen LogP contribution in [0, 0.1) is 31.5 Å². The number of aryl methyl sites for hydroxylation is 2. The number of halogens is 3. The summed E-state index contributed by atoms with van der Waals surface area (Å²) in [5, 5.41) is 19.4. The van der Waals surface area contributed by atoms with E-state index in [0.717, 1.165) is 11.3 Å². The summed E-state index contributed by atoms with van der Waals surface area (Å²) in [5.41, 5.74) is 2.17. The number of carbonyl (C=O) groups is 1. The maximum absolute atomic E-state index is 14.5. The number of aliphatic carboxylic acids is 1. The molecule has 0 amide bonds. The number of nitrogens with zero attached hydrogens (tertiary/aromatic N) is 7. The molecule has 3 atom stereocenters. The van der Waals surface area contributed by atoms with Crippen LogP contribution in [0.5, 0.6) is 5.88 Å². The molecule has 0 radical (unpaired) electrons. The SMILES string of the molecule is Cc1ncccc1C#Cc1cc(N2CCOC3(COC3)[C@@H]2C)c(O[C@H]2C[C@@H](C(=O)O)N(c3nc(C(F)F)nc4c3oc3c(C)c(F)ccc34)C2)nn1. The minimum Gasteiger partial charge on any atom is -0.480 e. The lowest BCUT2D eigenvalue weighted by Crippen LogP contribution is -2.68. The van der Waals surface area contributed by atoms with Crippen LogP contribution >= 0.6 is 0 Å². The summed E-state index contributed by atoms with van der Waals surface area (Å²) >= 11 is 0. The topological polar surface area (TPSA) is 149 Å². The second-order valence-corrected chi connectivity index (χ2v) is 13.1. The van der Waals surface area contributed by atoms with Gasteiger partial charge in [0.2, 0.25) is 0 Å². The van der Waals surface area contributed by atoms with Crippen molar-refractivity contribution in [1.82, 2.24) is 25.1 Å². The number of pyridine rings is 1. The number of rotatable bonds is 6. The van der Waals surface area contributed by atoms with Gasteiger partial charge >= 0.3 is 5.97 Å². The van der Waals surface area contributed by atoms with Crippen LogP contribution in [0.4, 0.5) is 24.7 Å². The Bertz CT molecular complexity index is 2290. The lowest BCUT2D eigenvalue weighted by Gasteiger charge is -2.53. The predicted octanol–water partition coefficient (Wildman–Crippen LogP) is 4.76. The summed E-state index contributed by atoms with van der Waals surface area (Å²) in [6.07, 6.45) is -2.25. The van der Waals surface area contributed by atoms with Gasteiger partial charge in [-0.25, -0.2) is 27.9 Å². The number of carboxylic acid groups (broad SMARTS) is 1. The highest BCUT2D eigenvalue weighted by Gasteiger charge is 2.50. The van der Waals surface area contributed by atoms with Crippen LogP contribution in [0.15, 0.2) is 40.9 Å². The maximum Gasteiger partial charge on any atom is 0.326 e. The van der Waals surface area contributed by atoms with E-state index in [1.54, 1.807) is 18.3 Å². The monoisotopic (exact) mass is 715 g/mol. The van der Waals surface area contributed by atoms with Gasteiger partial charge in [0.1, 0.15) is 46.0 Å². The van der Waals surface area contributed by atoms with Crippen molar-refractivity contribution in [2.45, 2.75) is 57.4 Å². The largest absolute Gasteiger partial charge is 0.480 e. The lowest BCUT2D eigenvalue weighted by molar-refractivity contribution is -0.228. The van der Waals surface area contributed by atoms with Crippen LogP contribution < -0.4 is 14.5 Å². The van der Waals surface area contributed by atoms with Crippen molar-refractivity contribution in [3.05, 3.63) is 70.7 Å². The number of furan rings is 1. The fourth-order valence-electron chi connectivity index (χ4n) is 6.99. The third kappa shape index (κ3) is 5.70. The number of anilines is 2. The first-order chi connectivity index (χ1) is 25.0. The molecule has 8 rings (SSSR count). The first-order valence-corrected chi connectivity index (χ1v) is 16.7. The molecule has 3 aliphatic heterocycles. The van der Waals surface area contributed by atoms with Crippen LogP contribution in [0.3, 0.4) is 0 Å². The highest BCUT2D eigenvalue weighted by molar-refractivity contribution is 6.07. The molecule has 0 saturated carbocycles. The summed E-state index contributed by atoms with van der Waals surface area (Å²) in [4.78, 5) is 28.5. The van der Waals surface area contributed by atoms with E-state index in [1.165, 1.54) is 24.0 Å². The number of hydrogen-bond acceptors (Lipinski definition) is 12. The number of benzene rings is 1. The molecule has 0 aliphatic carbocycles. The Morgan fingerprint density at radius 1 is 1.12 bits per heavy atom. The van der Waals surface area contributed by atoms with Gasteiger partial charge in [-0.15, -0.1) is 10.2 Å². The third-order valence-corrected chi connectivity index (χ3v) is 9.98. The third-order valence-electron chi connectivity index (χ3n) is 9.98. The van der Waals surface area contributed by atoms with E-state index in [9.17, 15) is 23.1 Å². The molecule has 3 fully saturated rings. The summed E-state index contributed by atoms with van der Waals surface area (Å²) in [5.74, 6) is 3.54. The number of hydrogen-bond donors (Lipinski definition) is 1. The molecule has 5 aromatic rings. The Labute approximate surface area is 294 Å². The smallest absolute Gasteiger partial charge is 0.326 e. The Morgan fingerprint density at radius 3 is 2.67 bits per heavy atom. The molecule has 0 unspecified atom stereocenters. The molecule has 1 N–H and O–H groups in total. The van der Waals surface area contributed by atoms with E-state index in [-0.39, 0.29) is 53.0 Å². The van der Waals surface area contributed by atoms with E-state index in [2.05, 4.69) is 41.9 Å². The van der Waals surface area contributed by atoms with Gasteiger partial charge in [-0.1, -0.05) is 5.92 Å². The van der Waals surface area contributed by atoms with Gasteiger partial charge < -0.3 is 33.5 Å².